The van der Waals surface area contributed by atoms with Crippen LogP contribution < -0.4 is 0 Å². The summed E-state index contributed by atoms with van der Waals surface area (Å²) >= 11 is 0. The molecule has 0 aliphatic carbocycles. The SMILES string of the molecule is CC[C@H](C)C(=O)[C@@H]1CO[C@@H](C)[C@@H](C)[C@H]1CO. The summed E-state index contributed by atoms with van der Waals surface area (Å²) in [4.78, 5) is 12.2. The standard InChI is InChI=1S/C13H24O3/c1-5-8(2)13(15)12-7-16-10(4)9(3)11(12)6-14/h8-12,14H,5-7H2,1-4H3/t8-,9+,10-,11+,12+/m0/s1. The summed E-state index contributed by atoms with van der Waals surface area (Å²) in [5.41, 5.74) is 0. The lowest BCUT2D eigenvalue weighted by molar-refractivity contribution is -0.144. The van der Waals surface area contributed by atoms with Crippen molar-refractivity contribution in [1.82, 2.24) is 0 Å². The fraction of sp³-hybridized carbons (Fsp3) is 0.923. The number of aliphatic hydroxyl groups excluding tert-OH is 1. The van der Waals surface area contributed by atoms with Crippen molar-refractivity contribution in [2.75, 3.05) is 13.2 Å². The Hall–Kier alpha value is -0.410. The average Bonchev–Trinajstić information content (AvgIpc) is 2.30. The van der Waals surface area contributed by atoms with Crippen molar-refractivity contribution in [3.8, 4) is 0 Å². The molecule has 3 nitrogen and oxygen atoms in total. The van der Waals surface area contributed by atoms with Crippen LogP contribution >= 0.6 is 0 Å². The summed E-state index contributed by atoms with van der Waals surface area (Å²) < 4.78 is 5.62. The first-order chi connectivity index (χ1) is 7.52. The highest BCUT2D eigenvalue weighted by Crippen LogP contribution is 2.33. The predicted octanol–water partition coefficient (Wildman–Crippen LogP) is 1.88. The van der Waals surface area contributed by atoms with Crippen molar-refractivity contribution in [3.05, 3.63) is 0 Å². The van der Waals surface area contributed by atoms with Crippen molar-refractivity contribution in [2.45, 2.75) is 40.2 Å². The van der Waals surface area contributed by atoms with Gasteiger partial charge in [0.05, 0.1) is 12.7 Å². The van der Waals surface area contributed by atoms with Gasteiger partial charge in [0.15, 0.2) is 0 Å². The summed E-state index contributed by atoms with van der Waals surface area (Å²) in [6.45, 7) is 8.60. The molecule has 0 aromatic carbocycles. The van der Waals surface area contributed by atoms with Gasteiger partial charge in [-0.3, -0.25) is 4.79 Å². The molecule has 0 saturated carbocycles. The van der Waals surface area contributed by atoms with E-state index in [-0.39, 0.29) is 42.2 Å². The number of ketones is 1. The summed E-state index contributed by atoms with van der Waals surface area (Å²) in [6, 6.07) is 0. The van der Waals surface area contributed by atoms with Crippen LogP contribution in [0.15, 0.2) is 0 Å². The molecule has 1 aliphatic rings. The van der Waals surface area contributed by atoms with E-state index in [4.69, 9.17) is 4.74 Å². The zero-order valence-electron chi connectivity index (χ0n) is 10.8. The highest BCUT2D eigenvalue weighted by molar-refractivity contribution is 5.83. The largest absolute Gasteiger partial charge is 0.396 e. The molecule has 0 spiro atoms. The molecular weight excluding hydrogens is 204 g/mol. The van der Waals surface area contributed by atoms with Gasteiger partial charge in [-0.2, -0.15) is 0 Å². The Morgan fingerprint density at radius 1 is 1.50 bits per heavy atom. The molecule has 1 heterocycles. The smallest absolute Gasteiger partial charge is 0.141 e. The molecule has 16 heavy (non-hydrogen) atoms. The van der Waals surface area contributed by atoms with E-state index in [9.17, 15) is 9.90 Å². The van der Waals surface area contributed by atoms with Crippen molar-refractivity contribution in [3.63, 3.8) is 0 Å². The minimum absolute atomic E-state index is 0.0604. The number of carbonyl (C=O) groups is 1. The zero-order valence-corrected chi connectivity index (χ0v) is 10.8. The van der Waals surface area contributed by atoms with Gasteiger partial charge in [0, 0.05) is 18.4 Å². The first kappa shape index (κ1) is 13.7. The number of carbonyl (C=O) groups excluding carboxylic acids is 1. The van der Waals surface area contributed by atoms with Crippen LogP contribution in [0.4, 0.5) is 0 Å². The summed E-state index contributed by atoms with van der Waals surface area (Å²) in [6.07, 6.45) is 0.996. The monoisotopic (exact) mass is 228 g/mol. The van der Waals surface area contributed by atoms with E-state index in [1.165, 1.54) is 0 Å². The number of ether oxygens (including phenoxy) is 1. The molecule has 1 fully saturated rings. The molecule has 0 aromatic rings. The first-order valence-corrected chi connectivity index (χ1v) is 6.29. The van der Waals surface area contributed by atoms with Gasteiger partial charge in [-0.25, -0.2) is 0 Å². The third kappa shape index (κ3) is 2.64. The maximum absolute atomic E-state index is 12.2. The minimum atomic E-state index is -0.119. The number of aliphatic hydroxyl groups is 1. The van der Waals surface area contributed by atoms with E-state index in [2.05, 4.69) is 6.92 Å². The van der Waals surface area contributed by atoms with Crippen molar-refractivity contribution < 1.29 is 14.6 Å². The second-order valence-corrected chi connectivity index (χ2v) is 5.06. The molecular formula is C13H24O3. The van der Waals surface area contributed by atoms with Crippen molar-refractivity contribution in [1.29, 1.82) is 0 Å². The molecule has 5 atom stereocenters. The van der Waals surface area contributed by atoms with E-state index < -0.39 is 0 Å². The van der Waals surface area contributed by atoms with Crippen LogP contribution in [-0.2, 0) is 9.53 Å². The van der Waals surface area contributed by atoms with Gasteiger partial charge in [0.2, 0.25) is 0 Å². The quantitative estimate of drug-likeness (QED) is 0.799. The van der Waals surface area contributed by atoms with Crippen molar-refractivity contribution >= 4 is 5.78 Å². The van der Waals surface area contributed by atoms with Crippen LogP contribution in [0.1, 0.15) is 34.1 Å². The lowest BCUT2D eigenvalue weighted by Gasteiger charge is -2.39. The molecule has 0 aromatic heterocycles. The first-order valence-electron chi connectivity index (χ1n) is 6.29. The van der Waals surface area contributed by atoms with E-state index in [0.29, 0.717) is 6.61 Å². The second-order valence-electron chi connectivity index (χ2n) is 5.06. The van der Waals surface area contributed by atoms with Gasteiger partial charge >= 0.3 is 0 Å². The van der Waals surface area contributed by atoms with E-state index >= 15 is 0 Å². The molecule has 0 bridgehead atoms. The van der Waals surface area contributed by atoms with Gasteiger partial charge in [0.1, 0.15) is 5.78 Å². The maximum Gasteiger partial charge on any atom is 0.141 e. The molecule has 1 rings (SSSR count). The molecule has 0 unspecified atom stereocenters. The third-order valence-electron chi connectivity index (χ3n) is 4.15. The number of hydrogen-bond acceptors (Lipinski definition) is 3. The minimum Gasteiger partial charge on any atom is -0.396 e. The fourth-order valence-electron chi connectivity index (χ4n) is 2.40. The van der Waals surface area contributed by atoms with Crippen LogP contribution in [0.25, 0.3) is 0 Å². The van der Waals surface area contributed by atoms with Crippen LogP contribution in [0.5, 0.6) is 0 Å². The molecule has 1 saturated heterocycles. The van der Waals surface area contributed by atoms with Gasteiger partial charge in [0.25, 0.3) is 0 Å². The Bertz CT molecular complexity index is 239. The van der Waals surface area contributed by atoms with Gasteiger partial charge in [-0.1, -0.05) is 20.8 Å². The zero-order chi connectivity index (χ0) is 12.3. The van der Waals surface area contributed by atoms with Gasteiger partial charge in [-0.15, -0.1) is 0 Å². The van der Waals surface area contributed by atoms with Crippen LogP contribution in [0.3, 0.4) is 0 Å². The Balaban J connectivity index is 2.75. The van der Waals surface area contributed by atoms with Crippen LogP contribution in [-0.4, -0.2) is 30.2 Å². The van der Waals surface area contributed by atoms with Gasteiger partial charge in [-0.05, 0) is 25.2 Å². The van der Waals surface area contributed by atoms with E-state index in [0.717, 1.165) is 6.42 Å². The maximum atomic E-state index is 12.2. The molecule has 94 valence electrons. The molecule has 3 heteroatoms. The Morgan fingerprint density at radius 3 is 2.62 bits per heavy atom. The second kappa shape index (κ2) is 5.78. The topological polar surface area (TPSA) is 46.5 Å². The fourth-order valence-corrected chi connectivity index (χ4v) is 2.40. The van der Waals surface area contributed by atoms with Crippen molar-refractivity contribution in [2.24, 2.45) is 23.7 Å². The highest BCUT2D eigenvalue weighted by Gasteiger charge is 2.39. The normalized spacial score (nSPS) is 37.1. The van der Waals surface area contributed by atoms with E-state index in [1.807, 2.05) is 20.8 Å². The summed E-state index contributed by atoms with van der Waals surface area (Å²) in [7, 11) is 0. The van der Waals surface area contributed by atoms with Crippen LogP contribution in [0, 0.1) is 23.7 Å². The molecule has 0 amide bonds. The summed E-state index contributed by atoms with van der Waals surface area (Å²) in [5, 5.41) is 9.45. The lowest BCUT2D eigenvalue weighted by Crippen LogP contribution is -2.45. The Kier molecular flexibility index (Phi) is 4.93. The highest BCUT2D eigenvalue weighted by atomic mass is 16.5. The average molecular weight is 228 g/mol. The number of Topliss-reactive ketones (excluding diaryl/α,β-unsaturated/α-hetero) is 1. The van der Waals surface area contributed by atoms with E-state index in [1.54, 1.807) is 0 Å². The predicted molar refractivity (Wildman–Crippen MR) is 63.1 cm³/mol. The molecule has 0 radical (unpaired) electrons. The lowest BCUT2D eigenvalue weighted by atomic mass is 9.74. The third-order valence-corrected chi connectivity index (χ3v) is 4.15. The van der Waals surface area contributed by atoms with Crippen LogP contribution in [0.2, 0.25) is 0 Å². The number of hydrogen-bond donors (Lipinski definition) is 1. The molecule has 1 aliphatic heterocycles. The molecule has 1 N–H and O–H groups in total. The Morgan fingerprint density at radius 2 is 2.12 bits per heavy atom. The Labute approximate surface area is 98.2 Å². The van der Waals surface area contributed by atoms with Gasteiger partial charge < -0.3 is 9.84 Å². The number of rotatable bonds is 4. The summed E-state index contributed by atoms with van der Waals surface area (Å²) in [5.74, 6) is 0.511.